The van der Waals surface area contributed by atoms with Crippen molar-refractivity contribution in [1.82, 2.24) is 59.1 Å². The van der Waals surface area contributed by atoms with Crippen LogP contribution in [-0.4, -0.2) is 351 Å². The maximum atomic E-state index is 12.1. The van der Waals surface area contributed by atoms with Gasteiger partial charge < -0.3 is 95.6 Å². The largest absolute Gasteiger partial charge is 0.388 e. The Balaban J connectivity index is 0.000000245. The molecule has 127 heavy (non-hydrogen) atoms. The molecule has 10 rings (SSSR count). The number of carbonyl (C=O) groups excluding carboxylic acids is 3. The minimum Gasteiger partial charge on any atom is -0.388 e. The van der Waals surface area contributed by atoms with Gasteiger partial charge >= 0.3 is 11.4 Å². The number of aliphatic hydroxyl groups is 10. The smallest absolute Gasteiger partial charge is 0.330 e. The summed E-state index contributed by atoms with van der Waals surface area (Å²) in [6.45, 7) is 31.0. The molecular weight excluding hydrogens is 1780 g/mol. The van der Waals surface area contributed by atoms with Crippen molar-refractivity contribution in [3.05, 3.63) is 168 Å². The summed E-state index contributed by atoms with van der Waals surface area (Å²) in [5, 5.41) is 112. The highest BCUT2D eigenvalue weighted by atomic mass is 32.1. The Morgan fingerprint density at radius 2 is 0.709 bits per heavy atom. The summed E-state index contributed by atoms with van der Waals surface area (Å²) in [6, 6.07) is 0. The van der Waals surface area contributed by atoms with E-state index in [9.17, 15) is 94.2 Å². The molecule has 0 unspecified atom stereocenters. The summed E-state index contributed by atoms with van der Waals surface area (Å²) in [5.41, 5.74) is -1.88. The number of aromatic amines is 4. The number of aliphatic hydroxyl groups excluding tert-OH is 10. The number of ketones is 2. The van der Waals surface area contributed by atoms with Gasteiger partial charge in [0.1, 0.15) is 66.9 Å². The first-order valence-electron chi connectivity index (χ1n) is 41.7. The van der Waals surface area contributed by atoms with Crippen molar-refractivity contribution in [3.8, 4) is 0 Å². The number of rotatable bonds is 33. The number of nitrogens with zero attached hydrogens (tertiary/aromatic N) is 5. The second-order valence-electron chi connectivity index (χ2n) is 36.0. The van der Waals surface area contributed by atoms with E-state index < -0.39 is 180 Å². The van der Waals surface area contributed by atoms with Gasteiger partial charge in [0.25, 0.3) is 28.1 Å². The first kappa shape index (κ1) is 109. The van der Waals surface area contributed by atoms with Crippen LogP contribution >= 0.6 is 58.9 Å². The van der Waals surface area contributed by atoms with Crippen LogP contribution in [0.3, 0.4) is 0 Å². The van der Waals surface area contributed by atoms with Crippen molar-refractivity contribution in [2.45, 2.75) is 208 Å². The molecule has 10 heterocycles. The van der Waals surface area contributed by atoms with Crippen molar-refractivity contribution in [1.29, 1.82) is 0 Å². The van der Waals surface area contributed by atoms with Crippen molar-refractivity contribution in [2.24, 2.45) is 0 Å². The SMILES string of the molecule is C=CC1=CN([C@@H]2O[C@H](CCP(=C)(C)C)[C@@H](O)[C@H]2O)C(=C)NC1=O.C=P(C)(C)CC[C@H]1O[C@@H](n2cc(/C=C/C(C)=O)c(=O)[nH]c2=O)[C@H](O)[C@@H]1O.C=P(C)(C)CC[C@H]1O[C@@H](n2cc(/C=C/C(C)=O)c(=O)[nH]c2=O)[C@H](O)[C@@H]1O.C=P(C)(C)CC[C@H]1O[C@@H](n2cc(CNCCC)c(=O)[nH]c2=S)[C@H](O)[C@@H]1O.C=P(C)(C)CC[C@H]1O[C@@H](n2cc(CNCCC)c(=O)[nH]c2=S)[C@H](O)[C@@H]1O. The van der Waals surface area contributed by atoms with E-state index in [1.54, 1.807) is 12.4 Å². The lowest BCUT2D eigenvalue weighted by Crippen LogP contribution is -2.47. The normalized spacial score (nSPS) is 27.4. The number of aromatic nitrogens is 8. The Morgan fingerprint density at radius 1 is 0.433 bits per heavy atom. The van der Waals surface area contributed by atoms with E-state index in [0.29, 0.717) is 67.7 Å². The summed E-state index contributed by atoms with van der Waals surface area (Å²) in [5.74, 6) is -0.528. The molecule has 20 atom stereocenters. The van der Waals surface area contributed by atoms with Crippen LogP contribution in [-0.2, 0) is 51.2 Å². The molecule has 1 amide bonds. The highest BCUT2D eigenvalue weighted by Gasteiger charge is 2.49. The third-order valence-corrected chi connectivity index (χ3v) is 29.0. The van der Waals surface area contributed by atoms with E-state index in [0.717, 1.165) is 65.9 Å². The number of carbonyl (C=O) groups is 3. The molecule has 0 aromatic carbocycles. The number of amides is 1. The maximum absolute atomic E-state index is 12.1. The summed E-state index contributed by atoms with van der Waals surface area (Å²) < 4.78 is 34.5. The molecule has 17 N–H and O–H groups in total. The van der Waals surface area contributed by atoms with Crippen molar-refractivity contribution in [2.75, 3.05) is 111 Å². The number of nitrogens with one attached hydrogen (secondary N) is 7. The van der Waals surface area contributed by atoms with E-state index in [1.165, 1.54) is 76.9 Å². The fourth-order valence-corrected chi connectivity index (χ4v) is 19.1. The molecule has 0 radical (unpaired) electrons. The Labute approximate surface area is 750 Å². The summed E-state index contributed by atoms with van der Waals surface area (Å²) in [6.07, 6.45) is 24.5. The van der Waals surface area contributed by atoms with Gasteiger partial charge in [-0.25, -0.2) is 9.59 Å². The van der Waals surface area contributed by atoms with Gasteiger partial charge in [0.05, 0.1) is 47.2 Å². The second-order valence-corrected chi connectivity index (χ2v) is 58.3. The molecule has 5 saturated heterocycles. The highest BCUT2D eigenvalue weighted by Crippen LogP contribution is 2.44. The van der Waals surface area contributed by atoms with Crippen LogP contribution in [0, 0.1) is 9.54 Å². The molecule has 0 aliphatic carbocycles. The Kier molecular flexibility index (Phi) is 41.2. The molecule has 0 saturated carbocycles. The monoisotopic (exact) mass is 1910 g/mol. The van der Waals surface area contributed by atoms with E-state index in [2.05, 4.69) is 147 Å². The molecule has 4 aromatic rings. The van der Waals surface area contributed by atoms with E-state index in [-0.39, 0.29) is 49.3 Å². The van der Waals surface area contributed by atoms with Gasteiger partial charge in [-0.1, -0.05) is 33.1 Å². The fourth-order valence-electron chi connectivity index (χ4n) is 13.8. The van der Waals surface area contributed by atoms with Gasteiger partial charge in [-0.2, -0.15) is 0 Å². The van der Waals surface area contributed by atoms with E-state index in [4.69, 9.17) is 48.1 Å². The van der Waals surface area contributed by atoms with Crippen LogP contribution in [0.25, 0.3) is 12.2 Å². The Bertz CT molecular complexity index is 5100. The zero-order valence-corrected chi connectivity index (χ0v) is 81.2. The third kappa shape index (κ3) is 32.5. The summed E-state index contributed by atoms with van der Waals surface area (Å²) >= 11 is 10.5. The van der Waals surface area contributed by atoms with Gasteiger partial charge in [0.2, 0.25) is 0 Å². The van der Waals surface area contributed by atoms with Gasteiger partial charge in [-0.3, -0.25) is 71.8 Å². The quantitative estimate of drug-likeness (QED) is 0.0141. The Hall–Kier alpha value is -6.31. The van der Waals surface area contributed by atoms with Crippen molar-refractivity contribution >= 4 is 120 Å². The molecule has 6 aliphatic rings. The molecule has 0 spiro atoms. The Morgan fingerprint density at radius 3 is 0.976 bits per heavy atom. The zero-order valence-electron chi connectivity index (χ0n) is 75.1. The van der Waals surface area contributed by atoms with Gasteiger partial charge in [0, 0.05) is 55.2 Å². The lowest BCUT2D eigenvalue weighted by molar-refractivity contribution is -0.119. The molecule has 712 valence electrons. The molecular formula is C84H135N12O24P5S2. The standard InChI is InChI=1S/2C17H30N3O4PS.2C17H25N2O6P.C16H25N2O4P/c2*1-5-7-18-9-11-10-20(17(26)19-15(11)23)16-14(22)13(21)12(24-16)6-8-25(2,3)4;2*1-10(20)5-6-11-9-19(17(24)18-15(11)23)16-14(22)13(21)12(25-16)7-8-26(2,3)4;1-6-11-9-18(10(2)17-15(11)21)16-14(20)13(19)12(22-16)7-8-23(3,4)5/h2*10,12-14,16,18,21-22H,2,5-9H2,1,3-4H3,(H,19,23,26);2*5-6,9,12-14,16,21-22H,2,7-8H2,1,3-4H3,(H,18,23,24);6,9,12-14,16,19-20H,1-3,7-8H2,4-5H3,(H,17,21)/b;;2*6-5+;/t5*12-,13-,14-,16-/m11111/s1. The molecule has 43 heteroatoms. The average Bonchev–Trinajstić information content (AvgIpc) is 1.68. The van der Waals surface area contributed by atoms with Crippen molar-refractivity contribution < 1.29 is 89.1 Å². The predicted molar refractivity (Wildman–Crippen MR) is 516 cm³/mol. The maximum Gasteiger partial charge on any atom is 0.330 e. The summed E-state index contributed by atoms with van der Waals surface area (Å²) in [4.78, 5) is 117. The van der Waals surface area contributed by atoms with Gasteiger partial charge in [-0.05, 0) is 218 Å². The third-order valence-electron chi connectivity index (χ3n) is 21.0. The lowest BCUT2D eigenvalue weighted by Gasteiger charge is -2.34. The molecule has 4 aromatic heterocycles. The van der Waals surface area contributed by atoms with Crippen LogP contribution in [0.2, 0.25) is 0 Å². The van der Waals surface area contributed by atoms with Gasteiger partial charge in [0.15, 0.2) is 52.2 Å². The number of allylic oxidation sites excluding steroid dienone is 2. The second kappa shape index (κ2) is 47.9. The minimum atomic E-state index is -1.33. The van der Waals surface area contributed by atoms with Crippen LogP contribution in [0.4, 0.5) is 0 Å². The molecule has 36 nitrogen and oxygen atoms in total. The molecule has 6 aliphatic heterocycles. The number of H-pyrrole nitrogens is 4. The van der Waals surface area contributed by atoms with Crippen LogP contribution in [0.15, 0.2) is 103 Å². The number of ether oxygens (including phenoxy) is 5. The van der Waals surface area contributed by atoms with Crippen molar-refractivity contribution in [3.63, 3.8) is 0 Å². The topological polar surface area (TPSA) is 524 Å². The van der Waals surface area contributed by atoms with E-state index >= 15 is 0 Å². The summed E-state index contributed by atoms with van der Waals surface area (Å²) in [7, 11) is 0. The van der Waals surface area contributed by atoms with Crippen LogP contribution < -0.4 is 49.6 Å². The highest BCUT2D eigenvalue weighted by molar-refractivity contribution is 7.73. The minimum absolute atomic E-state index is 0.0679. The molecule has 5 fully saturated rings. The molecule has 0 bridgehead atoms. The number of hydrogen-bond donors (Lipinski definition) is 17. The van der Waals surface area contributed by atoms with Gasteiger partial charge in [-0.15, -0.1) is 65.9 Å². The average molecular weight is 1920 g/mol. The van der Waals surface area contributed by atoms with Crippen LogP contribution in [0.1, 0.15) is 120 Å². The fraction of sp³-hybridized carbons (Fsp3) is 0.595. The number of hydrogen-bond acceptors (Lipinski definition) is 29. The first-order chi connectivity index (χ1) is 58.9. The zero-order chi connectivity index (χ0) is 95.6. The van der Waals surface area contributed by atoms with E-state index in [1.807, 2.05) is 13.8 Å². The predicted octanol–water partition coefficient (Wildman–Crippen LogP) is 2.47. The van der Waals surface area contributed by atoms with Crippen LogP contribution in [0.5, 0.6) is 0 Å². The lowest BCUT2D eigenvalue weighted by atomic mass is 10.1. The first-order valence-corrected chi connectivity index (χ1v) is 57.7.